The van der Waals surface area contributed by atoms with Crippen LogP contribution >= 0.6 is 0 Å². The summed E-state index contributed by atoms with van der Waals surface area (Å²) in [7, 11) is 0. The summed E-state index contributed by atoms with van der Waals surface area (Å²) in [4.78, 5) is 12.4. The molecule has 3 heteroatoms. The van der Waals surface area contributed by atoms with Gasteiger partial charge >= 0.3 is 0 Å². The lowest BCUT2D eigenvalue weighted by atomic mass is 9.90. The number of hydrogen-bond donors (Lipinski definition) is 1. The van der Waals surface area contributed by atoms with Crippen LogP contribution in [0.4, 0.5) is 4.39 Å². The molecule has 1 atom stereocenters. The molecule has 0 fully saturated rings. The van der Waals surface area contributed by atoms with Gasteiger partial charge in [-0.3, -0.25) is 4.79 Å². The number of aryl methyl sites for hydroxylation is 1. The van der Waals surface area contributed by atoms with Crippen molar-refractivity contribution >= 4 is 5.78 Å². The number of benzene rings is 2. The molecule has 0 aliphatic heterocycles. The van der Waals surface area contributed by atoms with Crippen LogP contribution in [0.5, 0.6) is 0 Å². The maximum atomic E-state index is 13.3. The lowest BCUT2D eigenvalue weighted by Gasteiger charge is -2.15. The maximum absolute atomic E-state index is 13.3. The molecule has 0 saturated heterocycles. The summed E-state index contributed by atoms with van der Waals surface area (Å²) >= 11 is 0. The molecule has 0 spiro atoms. The minimum Gasteiger partial charge on any atom is -0.329 e. The topological polar surface area (TPSA) is 43.1 Å². The van der Waals surface area contributed by atoms with Gasteiger partial charge in [0.1, 0.15) is 11.6 Å². The number of hydrogen-bond acceptors (Lipinski definition) is 2. The van der Waals surface area contributed by atoms with E-state index < -0.39 is 0 Å². The van der Waals surface area contributed by atoms with E-state index >= 15 is 0 Å². The maximum Gasteiger partial charge on any atom is 0.145 e. The number of Topliss-reactive ketones (excluding diaryl/α,β-unsaturated/α-hetero) is 1. The van der Waals surface area contributed by atoms with Crippen LogP contribution < -0.4 is 5.73 Å². The van der Waals surface area contributed by atoms with Crippen molar-refractivity contribution in [2.75, 3.05) is 6.54 Å². The van der Waals surface area contributed by atoms with E-state index in [-0.39, 0.29) is 30.5 Å². The average Bonchev–Trinajstić information content (AvgIpc) is 2.45. The molecule has 0 radical (unpaired) electrons. The standard InChI is InChI=1S/C17H18FNO/c1-12-7-8-15(18)9-14(12)10-17(20)16(11-19)13-5-3-2-4-6-13/h2-9,16H,10-11,19H2,1H3. The van der Waals surface area contributed by atoms with E-state index in [9.17, 15) is 9.18 Å². The Morgan fingerprint density at radius 2 is 1.90 bits per heavy atom. The zero-order valence-corrected chi connectivity index (χ0v) is 11.5. The molecule has 0 heterocycles. The average molecular weight is 271 g/mol. The zero-order chi connectivity index (χ0) is 14.5. The fraction of sp³-hybridized carbons (Fsp3) is 0.235. The molecule has 2 rings (SSSR count). The lowest BCUT2D eigenvalue weighted by Crippen LogP contribution is -2.23. The second kappa shape index (κ2) is 6.44. The fourth-order valence-corrected chi connectivity index (χ4v) is 2.28. The van der Waals surface area contributed by atoms with Crippen LogP contribution in [0.1, 0.15) is 22.6 Å². The number of ketones is 1. The van der Waals surface area contributed by atoms with Crippen molar-refractivity contribution in [3.8, 4) is 0 Å². The van der Waals surface area contributed by atoms with E-state index in [4.69, 9.17) is 5.73 Å². The first-order valence-corrected chi connectivity index (χ1v) is 6.64. The van der Waals surface area contributed by atoms with E-state index in [1.54, 1.807) is 6.07 Å². The third-order valence-electron chi connectivity index (χ3n) is 3.50. The molecule has 1 unspecified atom stereocenters. The van der Waals surface area contributed by atoms with Crippen LogP contribution in [-0.4, -0.2) is 12.3 Å². The summed E-state index contributed by atoms with van der Waals surface area (Å²) in [5.41, 5.74) is 8.29. The number of carbonyl (C=O) groups excluding carboxylic acids is 1. The summed E-state index contributed by atoms with van der Waals surface area (Å²) in [5, 5.41) is 0. The minimum atomic E-state index is -0.334. The molecule has 20 heavy (non-hydrogen) atoms. The quantitative estimate of drug-likeness (QED) is 0.908. The van der Waals surface area contributed by atoms with Crippen LogP contribution in [0, 0.1) is 12.7 Å². The second-order valence-corrected chi connectivity index (χ2v) is 4.91. The SMILES string of the molecule is Cc1ccc(F)cc1CC(=O)C(CN)c1ccccc1. The molecular formula is C17H18FNO. The number of nitrogens with two attached hydrogens (primary N) is 1. The summed E-state index contributed by atoms with van der Waals surface area (Å²) in [6.45, 7) is 2.14. The largest absolute Gasteiger partial charge is 0.329 e. The number of carbonyl (C=O) groups is 1. The first-order chi connectivity index (χ1) is 9.61. The van der Waals surface area contributed by atoms with Gasteiger partial charge in [-0.05, 0) is 35.7 Å². The van der Waals surface area contributed by atoms with Gasteiger partial charge in [0.25, 0.3) is 0 Å². The van der Waals surface area contributed by atoms with Gasteiger partial charge in [0, 0.05) is 13.0 Å². The predicted molar refractivity (Wildman–Crippen MR) is 78.1 cm³/mol. The Kier molecular flexibility index (Phi) is 4.64. The van der Waals surface area contributed by atoms with Crippen LogP contribution in [0.15, 0.2) is 48.5 Å². The van der Waals surface area contributed by atoms with Gasteiger partial charge in [-0.1, -0.05) is 36.4 Å². The van der Waals surface area contributed by atoms with Crippen molar-refractivity contribution < 1.29 is 9.18 Å². The first-order valence-electron chi connectivity index (χ1n) is 6.64. The van der Waals surface area contributed by atoms with Gasteiger partial charge in [-0.25, -0.2) is 4.39 Å². The van der Waals surface area contributed by atoms with E-state index in [0.29, 0.717) is 0 Å². The van der Waals surface area contributed by atoms with Gasteiger partial charge in [-0.15, -0.1) is 0 Å². The minimum absolute atomic E-state index is 0.0207. The van der Waals surface area contributed by atoms with Crippen LogP contribution in [0.2, 0.25) is 0 Å². The van der Waals surface area contributed by atoms with Crippen molar-refractivity contribution in [2.45, 2.75) is 19.3 Å². The molecule has 0 aliphatic carbocycles. The molecule has 0 saturated carbocycles. The molecule has 104 valence electrons. The van der Waals surface area contributed by atoms with E-state index in [2.05, 4.69) is 0 Å². The van der Waals surface area contributed by atoms with Crippen LogP contribution in [0.25, 0.3) is 0 Å². The Morgan fingerprint density at radius 3 is 2.55 bits per heavy atom. The van der Waals surface area contributed by atoms with Gasteiger partial charge in [0.2, 0.25) is 0 Å². The summed E-state index contributed by atoms with van der Waals surface area (Å²) in [6.07, 6.45) is 0.209. The molecule has 0 amide bonds. The number of rotatable bonds is 5. The Balaban J connectivity index is 2.20. The molecule has 0 aromatic heterocycles. The van der Waals surface area contributed by atoms with Crippen molar-refractivity contribution in [2.24, 2.45) is 5.73 Å². The Hall–Kier alpha value is -2.00. The third-order valence-corrected chi connectivity index (χ3v) is 3.50. The molecule has 2 N–H and O–H groups in total. The highest BCUT2D eigenvalue weighted by molar-refractivity contribution is 5.88. The summed E-state index contributed by atoms with van der Waals surface area (Å²) in [5.74, 6) is -0.631. The summed E-state index contributed by atoms with van der Waals surface area (Å²) in [6, 6.07) is 14.0. The monoisotopic (exact) mass is 271 g/mol. The highest BCUT2D eigenvalue weighted by Crippen LogP contribution is 2.19. The van der Waals surface area contributed by atoms with Crippen LogP contribution in [-0.2, 0) is 11.2 Å². The number of halogens is 1. The molecule has 0 bridgehead atoms. The van der Waals surface area contributed by atoms with Gasteiger partial charge in [0.05, 0.1) is 5.92 Å². The zero-order valence-electron chi connectivity index (χ0n) is 11.5. The van der Waals surface area contributed by atoms with Gasteiger partial charge in [-0.2, -0.15) is 0 Å². The molecule has 0 aliphatic rings. The fourth-order valence-electron chi connectivity index (χ4n) is 2.28. The highest BCUT2D eigenvalue weighted by atomic mass is 19.1. The van der Waals surface area contributed by atoms with Crippen molar-refractivity contribution in [3.05, 3.63) is 71.0 Å². The van der Waals surface area contributed by atoms with Crippen molar-refractivity contribution in [3.63, 3.8) is 0 Å². The van der Waals surface area contributed by atoms with E-state index in [1.807, 2.05) is 37.3 Å². The lowest BCUT2D eigenvalue weighted by molar-refractivity contribution is -0.119. The van der Waals surface area contributed by atoms with Gasteiger partial charge < -0.3 is 5.73 Å². The smallest absolute Gasteiger partial charge is 0.145 e. The summed E-state index contributed by atoms with van der Waals surface area (Å²) < 4.78 is 13.3. The molecular weight excluding hydrogens is 253 g/mol. The normalized spacial score (nSPS) is 12.2. The molecule has 2 aromatic carbocycles. The first kappa shape index (κ1) is 14.4. The van der Waals surface area contributed by atoms with E-state index in [1.165, 1.54) is 12.1 Å². The Morgan fingerprint density at radius 1 is 1.20 bits per heavy atom. The van der Waals surface area contributed by atoms with Gasteiger partial charge in [0.15, 0.2) is 0 Å². The van der Waals surface area contributed by atoms with E-state index in [0.717, 1.165) is 16.7 Å². The van der Waals surface area contributed by atoms with Crippen molar-refractivity contribution in [1.29, 1.82) is 0 Å². The van der Waals surface area contributed by atoms with Crippen molar-refractivity contribution in [1.82, 2.24) is 0 Å². The molecule has 2 aromatic rings. The Bertz CT molecular complexity index is 595. The second-order valence-electron chi connectivity index (χ2n) is 4.91. The predicted octanol–water partition coefficient (Wildman–Crippen LogP) is 2.99. The Labute approximate surface area is 118 Å². The highest BCUT2D eigenvalue weighted by Gasteiger charge is 2.19. The third kappa shape index (κ3) is 3.31. The van der Waals surface area contributed by atoms with Crippen LogP contribution in [0.3, 0.4) is 0 Å². The molecule has 2 nitrogen and oxygen atoms in total.